The molecule has 1 amide bonds. The zero-order chi connectivity index (χ0) is 19.2. The lowest BCUT2D eigenvalue weighted by Crippen LogP contribution is -2.17. The summed E-state index contributed by atoms with van der Waals surface area (Å²) >= 11 is 6.28. The molecule has 1 N–H and O–H groups in total. The number of rotatable bonds is 7. The molecule has 140 valence electrons. The zero-order valence-electron chi connectivity index (χ0n) is 15.5. The maximum Gasteiger partial charge on any atom is 0.263 e. The fourth-order valence-electron chi connectivity index (χ4n) is 3.05. The molecule has 27 heavy (non-hydrogen) atoms. The van der Waals surface area contributed by atoms with Crippen molar-refractivity contribution in [2.75, 3.05) is 0 Å². The maximum absolute atomic E-state index is 11.7. The van der Waals surface area contributed by atoms with Gasteiger partial charge in [-0.05, 0) is 53.7 Å². The molecule has 0 aliphatic carbocycles. The van der Waals surface area contributed by atoms with Gasteiger partial charge >= 0.3 is 0 Å². The van der Waals surface area contributed by atoms with E-state index in [1.165, 1.54) is 30.2 Å². The molecule has 2 aromatic carbocycles. The van der Waals surface area contributed by atoms with Gasteiger partial charge in [0.25, 0.3) is 5.91 Å². The van der Waals surface area contributed by atoms with Gasteiger partial charge in [0.15, 0.2) is 0 Å². The normalized spacial score (nSPS) is 15.4. The quantitative estimate of drug-likeness (QED) is 0.483. The van der Waals surface area contributed by atoms with Crippen LogP contribution in [0.4, 0.5) is 0 Å². The van der Waals surface area contributed by atoms with Crippen LogP contribution in [-0.2, 0) is 11.4 Å². The van der Waals surface area contributed by atoms with Crippen molar-refractivity contribution < 1.29 is 9.53 Å². The SMILES string of the molecule is CCC(CC)c1ccc(COc2ccc(/C=C3\SC(=S)NC3=O)cc2)cc1. The molecular formula is C22H23NO2S2. The molecule has 0 atom stereocenters. The van der Waals surface area contributed by atoms with Crippen LogP contribution >= 0.6 is 24.0 Å². The number of amides is 1. The van der Waals surface area contributed by atoms with E-state index in [-0.39, 0.29) is 5.91 Å². The van der Waals surface area contributed by atoms with Crippen molar-refractivity contribution in [3.8, 4) is 5.75 Å². The average Bonchev–Trinajstić information content (AvgIpc) is 3.00. The predicted molar refractivity (Wildman–Crippen MR) is 117 cm³/mol. The van der Waals surface area contributed by atoms with Gasteiger partial charge in [-0.1, -0.05) is 74.2 Å². The smallest absolute Gasteiger partial charge is 0.263 e. The first kappa shape index (κ1) is 19.6. The Labute approximate surface area is 170 Å². The first-order valence-electron chi connectivity index (χ1n) is 9.15. The number of hydrogen-bond donors (Lipinski definition) is 1. The molecule has 1 aliphatic rings. The number of nitrogens with one attached hydrogen (secondary N) is 1. The highest BCUT2D eigenvalue weighted by atomic mass is 32.2. The summed E-state index contributed by atoms with van der Waals surface area (Å²) in [7, 11) is 0. The molecule has 0 aromatic heterocycles. The monoisotopic (exact) mass is 397 g/mol. The van der Waals surface area contributed by atoms with Gasteiger partial charge in [-0.3, -0.25) is 4.79 Å². The fraction of sp³-hybridized carbons (Fsp3) is 0.273. The van der Waals surface area contributed by atoms with Crippen molar-refractivity contribution in [1.29, 1.82) is 0 Å². The van der Waals surface area contributed by atoms with Crippen molar-refractivity contribution in [2.45, 2.75) is 39.2 Å². The van der Waals surface area contributed by atoms with E-state index in [9.17, 15) is 4.79 Å². The number of hydrogen-bond acceptors (Lipinski definition) is 4. The number of thioether (sulfide) groups is 1. The summed E-state index contributed by atoms with van der Waals surface area (Å²) in [4.78, 5) is 12.3. The number of carbonyl (C=O) groups excluding carboxylic acids is 1. The van der Waals surface area contributed by atoms with Gasteiger partial charge in [0.2, 0.25) is 0 Å². The molecule has 0 spiro atoms. The Morgan fingerprint density at radius 3 is 2.30 bits per heavy atom. The minimum Gasteiger partial charge on any atom is -0.489 e. The summed E-state index contributed by atoms with van der Waals surface area (Å²) in [6.07, 6.45) is 4.17. The molecule has 1 heterocycles. The zero-order valence-corrected chi connectivity index (χ0v) is 17.2. The number of benzene rings is 2. The molecule has 5 heteroatoms. The summed E-state index contributed by atoms with van der Waals surface area (Å²) in [5.41, 5.74) is 3.50. The van der Waals surface area contributed by atoms with Gasteiger partial charge in [0.05, 0.1) is 4.91 Å². The molecule has 3 rings (SSSR count). The van der Waals surface area contributed by atoms with E-state index in [1.54, 1.807) is 0 Å². The van der Waals surface area contributed by atoms with E-state index >= 15 is 0 Å². The number of ether oxygens (including phenoxy) is 1. The van der Waals surface area contributed by atoms with Crippen LogP contribution in [0, 0.1) is 0 Å². The van der Waals surface area contributed by atoms with Gasteiger partial charge < -0.3 is 10.1 Å². The number of thiocarbonyl (C=S) groups is 1. The van der Waals surface area contributed by atoms with Crippen LogP contribution < -0.4 is 10.1 Å². The van der Waals surface area contributed by atoms with Crippen molar-refractivity contribution in [1.82, 2.24) is 5.32 Å². The third-order valence-corrected chi connectivity index (χ3v) is 5.82. The van der Waals surface area contributed by atoms with E-state index in [0.29, 0.717) is 21.8 Å². The lowest BCUT2D eigenvalue weighted by molar-refractivity contribution is -0.115. The van der Waals surface area contributed by atoms with Crippen molar-refractivity contribution in [2.24, 2.45) is 0 Å². The van der Waals surface area contributed by atoms with E-state index in [0.717, 1.165) is 16.9 Å². The van der Waals surface area contributed by atoms with Gasteiger partial charge in [0.1, 0.15) is 16.7 Å². The van der Waals surface area contributed by atoms with Gasteiger partial charge in [0, 0.05) is 0 Å². The molecular weight excluding hydrogens is 374 g/mol. The third-order valence-electron chi connectivity index (χ3n) is 4.66. The Morgan fingerprint density at radius 2 is 1.74 bits per heavy atom. The van der Waals surface area contributed by atoms with Crippen molar-refractivity contribution in [3.63, 3.8) is 0 Å². The summed E-state index contributed by atoms with van der Waals surface area (Å²) in [6, 6.07) is 16.4. The van der Waals surface area contributed by atoms with Crippen LogP contribution in [0.3, 0.4) is 0 Å². The van der Waals surface area contributed by atoms with Crippen LogP contribution in [0.2, 0.25) is 0 Å². The molecule has 2 aromatic rings. The van der Waals surface area contributed by atoms with Gasteiger partial charge in [-0.15, -0.1) is 0 Å². The minimum atomic E-state index is -0.137. The van der Waals surface area contributed by atoms with Crippen molar-refractivity contribution >= 4 is 40.3 Å². The molecule has 0 radical (unpaired) electrons. The maximum atomic E-state index is 11.7. The van der Waals surface area contributed by atoms with Crippen molar-refractivity contribution in [3.05, 3.63) is 70.1 Å². The Balaban J connectivity index is 1.58. The Hall–Kier alpha value is -2.11. The summed E-state index contributed by atoms with van der Waals surface area (Å²) in [5.74, 6) is 1.30. The molecule has 0 saturated carbocycles. The fourth-order valence-corrected chi connectivity index (χ4v) is 4.09. The molecule has 0 unspecified atom stereocenters. The highest BCUT2D eigenvalue weighted by Crippen LogP contribution is 2.27. The molecule has 3 nitrogen and oxygen atoms in total. The first-order valence-corrected chi connectivity index (χ1v) is 10.4. The summed E-state index contributed by atoms with van der Waals surface area (Å²) in [5, 5.41) is 2.62. The molecule has 1 saturated heterocycles. The van der Waals surface area contributed by atoms with Crippen LogP contribution in [0.25, 0.3) is 6.08 Å². The number of carbonyl (C=O) groups is 1. The highest BCUT2D eigenvalue weighted by Gasteiger charge is 2.21. The average molecular weight is 398 g/mol. The standard InChI is InChI=1S/C22H23NO2S2/c1-3-17(4-2)18-9-5-16(6-10-18)14-25-19-11-7-15(8-12-19)13-20-21(24)23-22(26)27-20/h5-13,17H,3-4,14H2,1-2H3,(H,23,24,26)/b20-13-. The van der Waals surface area contributed by atoms with E-state index < -0.39 is 0 Å². The minimum absolute atomic E-state index is 0.137. The summed E-state index contributed by atoms with van der Waals surface area (Å²) in [6.45, 7) is 5.00. The van der Waals surface area contributed by atoms with E-state index in [2.05, 4.69) is 43.4 Å². The van der Waals surface area contributed by atoms with E-state index in [1.807, 2.05) is 30.3 Å². The summed E-state index contributed by atoms with van der Waals surface area (Å²) < 4.78 is 6.38. The second kappa shape index (κ2) is 9.20. The van der Waals surface area contributed by atoms with E-state index in [4.69, 9.17) is 17.0 Å². The molecule has 0 bridgehead atoms. The second-order valence-corrected chi connectivity index (χ2v) is 8.18. The third kappa shape index (κ3) is 5.21. The van der Waals surface area contributed by atoms with Crippen LogP contribution in [0.5, 0.6) is 5.75 Å². The topological polar surface area (TPSA) is 38.3 Å². The predicted octanol–water partition coefficient (Wildman–Crippen LogP) is 5.66. The Morgan fingerprint density at radius 1 is 1.07 bits per heavy atom. The van der Waals surface area contributed by atoms with Crippen LogP contribution in [0.15, 0.2) is 53.4 Å². The first-order chi connectivity index (χ1) is 13.1. The highest BCUT2D eigenvalue weighted by molar-refractivity contribution is 8.26. The molecule has 1 fully saturated rings. The largest absolute Gasteiger partial charge is 0.489 e. The van der Waals surface area contributed by atoms with Crippen LogP contribution in [0.1, 0.15) is 49.3 Å². The van der Waals surface area contributed by atoms with Gasteiger partial charge in [-0.25, -0.2) is 0 Å². The second-order valence-electron chi connectivity index (χ2n) is 6.46. The lowest BCUT2D eigenvalue weighted by Gasteiger charge is -2.13. The molecule has 1 aliphatic heterocycles. The lowest BCUT2D eigenvalue weighted by atomic mass is 9.93. The Kier molecular flexibility index (Phi) is 6.69. The van der Waals surface area contributed by atoms with Gasteiger partial charge in [-0.2, -0.15) is 0 Å². The van der Waals surface area contributed by atoms with Crippen LogP contribution in [-0.4, -0.2) is 10.2 Å². The Bertz CT molecular complexity index is 838.